The molecule has 0 spiro atoms. The molecule has 1 aliphatic rings. The molecular weight excluding hydrogens is 373 g/mol. The minimum absolute atomic E-state index is 0.0305. The van der Waals surface area contributed by atoms with E-state index in [4.69, 9.17) is 4.74 Å². The summed E-state index contributed by atoms with van der Waals surface area (Å²) in [7, 11) is 0. The highest BCUT2D eigenvalue weighted by molar-refractivity contribution is 9.10. The molecular formula is C19H19BrFNO2. The highest BCUT2D eigenvalue weighted by atomic mass is 79.9. The highest BCUT2D eigenvalue weighted by Crippen LogP contribution is 2.34. The van der Waals surface area contributed by atoms with Gasteiger partial charge in [-0.05, 0) is 42.3 Å². The molecule has 2 aromatic carbocycles. The van der Waals surface area contributed by atoms with Crippen LogP contribution in [0.3, 0.4) is 0 Å². The van der Waals surface area contributed by atoms with E-state index in [1.54, 1.807) is 6.07 Å². The topological polar surface area (TPSA) is 38.3 Å². The quantitative estimate of drug-likeness (QED) is 0.838. The molecule has 1 heterocycles. The number of hydrogen-bond donors (Lipinski definition) is 1. The van der Waals surface area contributed by atoms with Crippen molar-refractivity contribution < 1.29 is 13.9 Å². The summed E-state index contributed by atoms with van der Waals surface area (Å²) in [6.07, 6.45) is 1.25. The second-order valence-electron chi connectivity index (χ2n) is 6.12. The molecule has 2 unspecified atom stereocenters. The number of nitrogens with one attached hydrogen (secondary N) is 1. The SMILES string of the molecule is CC(Cc1cccc(F)c1)C(=O)NC1CCOc2ccc(Br)cc21. The third-order valence-corrected chi connectivity index (χ3v) is 4.70. The van der Waals surface area contributed by atoms with Gasteiger partial charge in [-0.25, -0.2) is 4.39 Å². The molecule has 1 N–H and O–H groups in total. The Bertz CT molecular complexity index is 750. The molecule has 126 valence electrons. The highest BCUT2D eigenvalue weighted by Gasteiger charge is 2.25. The summed E-state index contributed by atoms with van der Waals surface area (Å²) in [6, 6.07) is 12.2. The van der Waals surface area contributed by atoms with Crippen molar-refractivity contribution in [2.45, 2.75) is 25.8 Å². The van der Waals surface area contributed by atoms with Gasteiger partial charge in [-0.3, -0.25) is 4.79 Å². The molecule has 0 saturated carbocycles. The van der Waals surface area contributed by atoms with Crippen LogP contribution in [-0.2, 0) is 11.2 Å². The summed E-state index contributed by atoms with van der Waals surface area (Å²) in [5.41, 5.74) is 1.81. The van der Waals surface area contributed by atoms with Gasteiger partial charge in [-0.1, -0.05) is 35.0 Å². The van der Waals surface area contributed by atoms with Crippen molar-refractivity contribution in [1.29, 1.82) is 0 Å². The number of amides is 1. The Kier molecular flexibility index (Phi) is 5.19. The van der Waals surface area contributed by atoms with E-state index in [1.165, 1.54) is 12.1 Å². The van der Waals surface area contributed by atoms with Crippen molar-refractivity contribution in [2.75, 3.05) is 6.61 Å². The predicted molar refractivity (Wildman–Crippen MR) is 94.4 cm³/mol. The molecule has 0 radical (unpaired) electrons. The zero-order valence-electron chi connectivity index (χ0n) is 13.4. The van der Waals surface area contributed by atoms with E-state index in [2.05, 4.69) is 21.2 Å². The molecule has 1 amide bonds. The van der Waals surface area contributed by atoms with Crippen LogP contribution in [0.15, 0.2) is 46.9 Å². The van der Waals surface area contributed by atoms with Crippen LogP contribution in [-0.4, -0.2) is 12.5 Å². The van der Waals surface area contributed by atoms with Crippen molar-refractivity contribution in [2.24, 2.45) is 5.92 Å². The monoisotopic (exact) mass is 391 g/mol. The molecule has 5 heteroatoms. The lowest BCUT2D eigenvalue weighted by Crippen LogP contribution is -2.36. The average Bonchev–Trinajstić information content (AvgIpc) is 2.55. The third-order valence-electron chi connectivity index (χ3n) is 4.21. The van der Waals surface area contributed by atoms with E-state index in [1.807, 2.05) is 31.2 Å². The van der Waals surface area contributed by atoms with Crippen LogP contribution in [0.5, 0.6) is 5.75 Å². The van der Waals surface area contributed by atoms with Gasteiger partial charge in [0.05, 0.1) is 12.6 Å². The first kappa shape index (κ1) is 17.0. The first-order chi connectivity index (χ1) is 11.5. The van der Waals surface area contributed by atoms with Crippen LogP contribution in [0.4, 0.5) is 4.39 Å². The van der Waals surface area contributed by atoms with Gasteiger partial charge in [-0.15, -0.1) is 0 Å². The van der Waals surface area contributed by atoms with Crippen molar-refractivity contribution >= 4 is 21.8 Å². The van der Waals surface area contributed by atoms with E-state index in [-0.39, 0.29) is 23.7 Å². The Hall–Kier alpha value is -1.88. The molecule has 0 fully saturated rings. The Labute approximate surface area is 149 Å². The lowest BCUT2D eigenvalue weighted by molar-refractivity contribution is -0.125. The molecule has 3 rings (SSSR count). The van der Waals surface area contributed by atoms with E-state index in [0.29, 0.717) is 13.0 Å². The first-order valence-electron chi connectivity index (χ1n) is 8.00. The molecule has 0 saturated heterocycles. The van der Waals surface area contributed by atoms with E-state index >= 15 is 0 Å². The number of benzene rings is 2. The van der Waals surface area contributed by atoms with Crippen molar-refractivity contribution in [3.8, 4) is 5.75 Å². The van der Waals surface area contributed by atoms with Crippen molar-refractivity contribution in [3.05, 3.63) is 63.9 Å². The van der Waals surface area contributed by atoms with Crippen LogP contribution < -0.4 is 10.1 Å². The molecule has 0 aliphatic carbocycles. The zero-order chi connectivity index (χ0) is 17.1. The zero-order valence-corrected chi connectivity index (χ0v) is 15.0. The fourth-order valence-electron chi connectivity index (χ4n) is 2.94. The van der Waals surface area contributed by atoms with E-state index in [0.717, 1.165) is 27.8 Å². The van der Waals surface area contributed by atoms with E-state index < -0.39 is 0 Å². The molecule has 24 heavy (non-hydrogen) atoms. The average molecular weight is 392 g/mol. The Balaban J connectivity index is 1.68. The van der Waals surface area contributed by atoms with Crippen LogP contribution in [0, 0.1) is 11.7 Å². The van der Waals surface area contributed by atoms with Gasteiger partial charge >= 0.3 is 0 Å². The van der Waals surface area contributed by atoms with Crippen LogP contribution in [0.25, 0.3) is 0 Å². The number of fused-ring (bicyclic) bond motifs is 1. The standard InChI is InChI=1S/C19H19BrFNO2/c1-12(9-13-3-2-4-15(21)10-13)19(23)22-17-7-8-24-18-6-5-14(20)11-16(17)18/h2-6,10-12,17H,7-9H2,1H3,(H,22,23). The molecule has 2 atom stereocenters. The van der Waals surface area contributed by atoms with Gasteiger partial charge in [-0.2, -0.15) is 0 Å². The summed E-state index contributed by atoms with van der Waals surface area (Å²) < 4.78 is 19.9. The van der Waals surface area contributed by atoms with Crippen LogP contribution >= 0.6 is 15.9 Å². The molecule has 0 aromatic heterocycles. The Morgan fingerprint density at radius 1 is 1.38 bits per heavy atom. The van der Waals surface area contributed by atoms with Crippen molar-refractivity contribution in [3.63, 3.8) is 0 Å². The summed E-state index contributed by atoms with van der Waals surface area (Å²) in [5, 5.41) is 3.10. The minimum atomic E-state index is -0.275. The number of ether oxygens (including phenoxy) is 1. The maximum atomic E-state index is 13.3. The maximum Gasteiger partial charge on any atom is 0.223 e. The third kappa shape index (κ3) is 3.96. The molecule has 3 nitrogen and oxygen atoms in total. The van der Waals surface area contributed by atoms with Gasteiger partial charge in [0, 0.05) is 22.4 Å². The second-order valence-corrected chi connectivity index (χ2v) is 7.03. The van der Waals surface area contributed by atoms with E-state index in [9.17, 15) is 9.18 Å². The first-order valence-corrected chi connectivity index (χ1v) is 8.79. The number of hydrogen-bond acceptors (Lipinski definition) is 2. The fraction of sp³-hybridized carbons (Fsp3) is 0.316. The van der Waals surface area contributed by atoms with Gasteiger partial charge in [0.15, 0.2) is 0 Å². The van der Waals surface area contributed by atoms with Gasteiger partial charge in [0.2, 0.25) is 5.91 Å². The molecule has 0 bridgehead atoms. The number of carbonyl (C=O) groups excluding carboxylic acids is 1. The summed E-state index contributed by atoms with van der Waals surface area (Å²) in [6.45, 7) is 2.44. The van der Waals surface area contributed by atoms with Gasteiger partial charge in [0.1, 0.15) is 11.6 Å². The van der Waals surface area contributed by atoms with Gasteiger partial charge in [0.25, 0.3) is 0 Å². The number of rotatable bonds is 4. The summed E-state index contributed by atoms with van der Waals surface area (Å²) >= 11 is 3.46. The Morgan fingerprint density at radius 2 is 2.21 bits per heavy atom. The maximum absolute atomic E-state index is 13.3. The fourth-order valence-corrected chi connectivity index (χ4v) is 3.32. The second kappa shape index (κ2) is 7.34. The van der Waals surface area contributed by atoms with Gasteiger partial charge < -0.3 is 10.1 Å². The molecule has 2 aromatic rings. The summed E-state index contributed by atoms with van der Waals surface area (Å²) in [5.74, 6) is 0.276. The minimum Gasteiger partial charge on any atom is -0.493 e. The normalized spacial score (nSPS) is 17.5. The number of halogens is 2. The largest absolute Gasteiger partial charge is 0.493 e. The predicted octanol–water partition coefficient (Wildman–Crippen LogP) is 4.41. The smallest absolute Gasteiger partial charge is 0.223 e. The number of carbonyl (C=O) groups is 1. The Morgan fingerprint density at radius 3 is 3.00 bits per heavy atom. The summed E-state index contributed by atoms with van der Waals surface area (Å²) in [4.78, 5) is 12.5. The lowest BCUT2D eigenvalue weighted by atomic mass is 9.97. The van der Waals surface area contributed by atoms with Crippen molar-refractivity contribution in [1.82, 2.24) is 5.32 Å². The molecule has 1 aliphatic heterocycles. The lowest BCUT2D eigenvalue weighted by Gasteiger charge is -2.28. The van der Waals surface area contributed by atoms with Crippen LogP contribution in [0.2, 0.25) is 0 Å². The van der Waals surface area contributed by atoms with Crippen LogP contribution in [0.1, 0.15) is 30.5 Å².